The van der Waals surface area contributed by atoms with Gasteiger partial charge in [0.25, 0.3) is 0 Å². The SMILES string of the molecule is C[C@@H](O)[C@H](N)C(=O)NCC(=O)N[C@H](CCCCNC[C@@H](O)CCN)C(=O)N[C@@H](Cc1cnc[nH]1)C(=O)NCC(=O)O. The number of rotatable bonds is 21. The van der Waals surface area contributed by atoms with Crippen molar-refractivity contribution in [3.63, 3.8) is 0 Å². The molecule has 17 nitrogen and oxygen atoms in total. The number of aromatic nitrogens is 2. The van der Waals surface area contributed by atoms with E-state index in [1.165, 1.54) is 19.4 Å². The van der Waals surface area contributed by atoms with Crippen molar-refractivity contribution in [2.75, 3.05) is 32.7 Å². The van der Waals surface area contributed by atoms with Gasteiger partial charge in [0.1, 0.15) is 24.7 Å². The van der Waals surface area contributed by atoms with E-state index in [4.69, 9.17) is 16.6 Å². The highest BCUT2D eigenvalue weighted by Gasteiger charge is 2.28. The lowest BCUT2D eigenvalue weighted by molar-refractivity contribution is -0.138. The number of unbranched alkanes of at least 4 members (excludes halogenated alkanes) is 1. The number of carboxylic acids is 1. The quantitative estimate of drug-likeness (QED) is 0.0608. The van der Waals surface area contributed by atoms with Crippen molar-refractivity contribution in [3.8, 4) is 0 Å². The average Bonchev–Trinajstić information content (AvgIpc) is 3.43. The van der Waals surface area contributed by atoms with Gasteiger partial charge in [-0.2, -0.15) is 0 Å². The van der Waals surface area contributed by atoms with Crippen molar-refractivity contribution in [3.05, 3.63) is 18.2 Å². The minimum absolute atomic E-state index is 0.0276. The minimum Gasteiger partial charge on any atom is -0.480 e. The number of carboxylic acid groups (broad SMARTS) is 1. The number of hydrogen-bond acceptors (Lipinski definition) is 11. The second-order valence-electron chi connectivity index (χ2n) is 9.49. The number of amides is 4. The zero-order valence-corrected chi connectivity index (χ0v) is 23.1. The van der Waals surface area contributed by atoms with Crippen LogP contribution in [0.3, 0.4) is 0 Å². The van der Waals surface area contributed by atoms with Crippen molar-refractivity contribution in [2.45, 2.75) is 69.4 Å². The average molecular weight is 586 g/mol. The van der Waals surface area contributed by atoms with Gasteiger partial charge in [-0.15, -0.1) is 0 Å². The summed E-state index contributed by atoms with van der Waals surface area (Å²) < 4.78 is 0. The van der Waals surface area contributed by atoms with Crippen LogP contribution in [0.5, 0.6) is 0 Å². The lowest BCUT2D eigenvalue weighted by Gasteiger charge is -2.23. The second kappa shape index (κ2) is 19.4. The van der Waals surface area contributed by atoms with Crippen molar-refractivity contribution in [2.24, 2.45) is 11.5 Å². The van der Waals surface area contributed by atoms with Crippen LogP contribution in [0.4, 0.5) is 0 Å². The zero-order chi connectivity index (χ0) is 30.8. The number of carbonyl (C=O) groups excluding carboxylic acids is 4. The van der Waals surface area contributed by atoms with Crippen molar-refractivity contribution < 1.29 is 39.3 Å². The number of aliphatic hydroxyl groups excluding tert-OH is 2. The van der Waals surface area contributed by atoms with Gasteiger partial charge in [-0.3, -0.25) is 24.0 Å². The molecule has 0 spiro atoms. The summed E-state index contributed by atoms with van der Waals surface area (Å²) in [5, 5.41) is 40.8. The molecular weight excluding hydrogens is 542 g/mol. The second-order valence-corrected chi connectivity index (χ2v) is 9.49. The van der Waals surface area contributed by atoms with Crippen molar-refractivity contribution in [1.82, 2.24) is 36.6 Å². The van der Waals surface area contributed by atoms with E-state index in [0.717, 1.165) is 0 Å². The maximum Gasteiger partial charge on any atom is 0.322 e. The van der Waals surface area contributed by atoms with E-state index < -0.39 is 73.0 Å². The normalized spacial score (nSPS) is 14.7. The number of carbonyl (C=O) groups is 5. The van der Waals surface area contributed by atoms with Gasteiger partial charge in [-0.25, -0.2) is 4.98 Å². The highest BCUT2D eigenvalue weighted by molar-refractivity contribution is 5.94. The minimum atomic E-state index is -1.27. The van der Waals surface area contributed by atoms with Crippen LogP contribution in [-0.4, -0.2) is 118 Å². The first-order valence-electron chi connectivity index (χ1n) is 13.3. The molecule has 0 radical (unpaired) electrons. The van der Waals surface area contributed by atoms with Crippen LogP contribution in [0.15, 0.2) is 12.5 Å². The third-order valence-electron chi connectivity index (χ3n) is 5.90. The van der Waals surface area contributed by atoms with Gasteiger partial charge < -0.3 is 58.4 Å². The number of aliphatic carboxylic acids is 1. The Morgan fingerprint density at radius 2 is 1.68 bits per heavy atom. The van der Waals surface area contributed by atoms with Gasteiger partial charge in [0.05, 0.1) is 25.1 Å². The topological polar surface area (TPSA) is 287 Å². The molecule has 0 fully saturated rings. The van der Waals surface area contributed by atoms with Crippen LogP contribution in [0.25, 0.3) is 0 Å². The smallest absolute Gasteiger partial charge is 0.322 e. The Bertz CT molecular complexity index is 961. The molecule has 13 N–H and O–H groups in total. The highest BCUT2D eigenvalue weighted by atomic mass is 16.4. The molecule has 232 valence electrons. The molecule has 5 atom stereocenters. The van der Waals surface area contributed by atoms with Crippen LogP contribution in [0.1, 0.15) is 38.3 Å². The molecule has 0 bridgehead atoms. The van der Waals surface area contributed by atoms with Gasteiger partial charge in [0, 0.05) is 24.9 Å². The van der Waals surface area contributed by atoms with E-state index in [0.29, 0.717) is 44.6 Å². The maximum absolute atomic E-state index is 13.2. The molecule has 4 amide bonds. The molecule has 0 unspecified atom stereocenters. The summed E-state index contributed by atoms with van der Waals surface area (Å²) in [5.41, 5.74) is 11.5. The largest absolute Gasteiger partial charge is 0.480 e. The predicted molar refractivity (Wildman–Crippen MR) is 146 cm³/mol. The highest BCUT2D eigenvalue weighted by Crippen LogP contribution is 2.05. The summed E-state index contributed by atoms with van der Waals surface area (Å²) in [6, 6.07) is -3.54. The molecule has 0 saturated carbocycles. The maximum atomic E-state index is 13.2. The first kappa shape index (κ1) is 35.4. The van der Waals surface area contributed by atoms with E-state index in [1.54, 1.807) is 0 Å². The van der Waals surface area contributed by atoms with E-state index >= 15 is 0 Å². The Morgan fingerprint density at radius 1 is 0.976 bits per heavy atom. The molecule has 41 heavy (non-hydrogen) atoms. The number of nitrogens with zero attached hydrogens (tertiary/aromatic N) is 1. The zero-order valence-electron chi connectivity index (χ0n) is 23.1. The number of aliphatic hydroxyl groups is 2. The monoisotopic (exact) mass is 585 g/mol. The molecular formula is C24H43N9O8. The Balaban J connectivity index is 2.86. The summed E-state index contributed by atoms with van der Waals surface area (Å²) in [6.07, 6.45) is 2.77. The summed E-state index contributed by atoms with van der Waals surface area (Å²) in [6.45, 7) is 1.39. The third kappa shape index (κ3) is 15.1. The summed E-state index contributed by atoms with van der Waals surface area (Å²) in [5.74, 6) is -4.18. The van der Waals surface area contributed by atoms with Gasteiger partial charge in [0.15, 0.2) is 0 Å². The van der Waals surface area contributed by atoms with Crippen LogP contribution < -0.4 is 38.1 Å². The number of nitrogens with one attached hydrogen (secondary N) is 6. The van der Waals surface area contributed by atoms with E-state index in [9.17, 15) is 34.2 Å². The number of H-pyrrole nitrogens is 1. The number of aromatic amines is 1. The Kier molecular flexibility index (Phi) is 16.8. The Hall–Kier alpha value is -3.64. The molecule has 0 saturated heterocycles. The summed E-state index contributed by atoms with van der Waals surface area (Å²) >= 11 is 0. The molecule has 0 aromatic carbocycles. The fourth-order valence-corrected chi connectivity index (χ4v) is 3.56. The number of hydrogen-bond donors (Lipinski definition) is 11. The van der Waals surface area contributed by atoms with Gasteiger partial charge in [0.2, 0.25) is 23.6 Å². The third-order valence-corrected chi connectivity index (χ3v) is 5.90. The molecule has 1 aromatic heterocycles. The van der Waals surface area contributed by atoms with Gasteiger partial charge in [-0.05, 0) is 45.7 Å². The predicted octanol–water partition coefficient (Wildman–Crippen LogP) is -4.58. The van der Waals surface area contributed by atoms with Crippen LogP contribution in [0, 0.1) is 0 Å². The lowest BCUT2D eigenvalue weighted by atomic mass is 10.1. The number of imidazole rings is 1. The standard InChI is InChI=1S/C24H43N9O8/c1-14(34)21(26)24(41)29-11-19(36)32-17(4-2-3-7-27-10-16(35)5-6-25)23(40)33-18(8-15-9-28-13-31-15)22(39)30-12-20(37)38/h9,13-14,16-18,21,27,34-35H,2-8,10-12,25-26H2,1H3,(H,28,31)(H,29,41)(H,30,39)(H,32,36)(H,33,40)(H,37,38)/t14-,16+,17-,18+,21+/m1/s1. The first-order chi connectivity index (χ1) is 19.4. The molecule has 1 rings (SSSR count). The Labute approximate surface area is 237 Å². The summed E-state index contributed by atoms with van der Waals surface area (Å²) in [7, 11) is 0. The molecule has 1 aromatic rings. The van der Waals surface area contributed by atoms with Gasteiger partial charge in [-0.1, -0.05) is 0 Å². The Morgan fingerprint density at radius 3 is 2.29 bits per heavy atom. The van der Waals surface area contributed by atoms with Crippen LogP contribution in [-0.2, 0) is 30.4 Å². The van der Waals surface area contributed by atoms with Crippen molar-refractivity contribution in [1.29, 1.82) is 0 Å². The van der Waals surface area contributed by atoms with E-state index in [2.05, 4.69) is 36.6 Å². The molecule has 0 aliphatic rings. The van der Waals surface area contributed by atoms with Crippen molar-refractivity contribution >= 4 is 29.6 Å². The molecule has 0 aliphatic heterocycles. The fourth-order valence-electron chi connectivity index (χ4n) is 3.56. The molecule has 17 heteroatoms. The number of nitrogens with two attached hydrogens (primary N) is 2. The first-order valence-corrected chi connectivity index (χ1v) is 13.3. The molecule has 0 aliphatic carbocycles. The van der Waals surface area contributed by atoms with Gasteiger partial charge >= 0.3 is 5.97 Å². The lowest BCUT2D eigenvalue weighted by Crippen LogP contribution is -2.56. The van der Waals surface area contributed by atoms with Crippen LogP contribution in [0.2, 0.25) is 0 Å². The molecule has 1 heterocycles. The van der Waals surface area contributed by atoms with E-state index in [1.807, 2.05) is 0 Å². The van der Waals surface area contributed by atoms with E-state index in [-0.39, 0.29) is 12.8 Å². The van der Waals surface area contributed by atoms with Crippen LogP contribution >= 0.6 is 0 Å². The fraction of sp³-hybridized carbons (Fsp3) is 0.667. The summed E-state index contributed by atoms with van der Waals surface area (Å²) in [4.78, 5) is 68.0.